The van der Waals surface area contributed by atoms with Gasteiger partial charge in [-0.25, -0.2) is 0 Å². The molecule has 0 saturated carbocycles. The highest BCUT2D eigenvalue weighted by Gasteiger charge is 2.24. The molecule has 5 heteroatoms. The highest BCUT2D eigenvalue weighted by Crippen LogP contribution is 2.40. The van der Waals surface area contributed by atoms with Gasteiger partial charge in [0, 0.05) is 10.9 Å². The first-order valence-electron chi connectivity index (χ1n) is 7.57. The SMILES string of the molecule is Cc1nn(C(C)C)c(C)c1NC1CCCc2sc(Br)cc21. The van der Waals surface area contributed by atoms with Gasteiger partial charge in [-0.05, 0) is 74.5 Å². The Hall–Kier alpha value is -0.810. The lowest BCUT2D eigenvalue weighted by molar-refractivity contribution is 0.516. The number of thiophene rings is 1. The summed E-state index contributed by atoms with van der Waals surface area (Å²) in [6.45, 7) is 8.62. The molecule has 2 heterocycles. The van der Waals surface area contributed by atoms with Gasteiger partial charge in [-0.15, -0.1) is 11.3 Å². The number of aromatic nitrogens is 2. The van der Waals surface area contributed by atoms with E-state index in [1.807, 2.05) is 11.3 Å². The second-order valence-corrected chi connectivity index (χ2v) is 8.62. The number of hydrogen-bond acceptors (Lipinski definition) is 3. The summed E-state index contributed by atoms with van der Waals surface area (Å²) in [5, 5.41) is 8.45. The number of nitrogens with one attached hydrogen (secondary N) is 1. The topological polar surface area (TPSA) is 29.9 Å². The van der Waals surface area contributed by atoms with E-state index in [1.165, 1.54) is 44.9 Å². The number of rotatable bonds is 3. The van der Waals surface area contributed by atoms with E-state index in [-0.39, 0.29) is 0 Å². The first kappa shape index (κ1) is 15.1. The van der Waals surface area contributed by atoms with Crippen molar-refractivity contribution >= 4 is 33.0 Å². The van der Waals surface area contributed by atoms with Crippen LogP contribution in [0.15, 0.2) is 9.85 Å². The Morgan fingerprint density at radius 1 is 1.43 bits per heavy atom. The van der Waals surface area contributed by atoms with Crippen molar-refractivity contribution in [2.45, 2.75) is 59.0 Å². The Morgan fingerprint density at radius 2 is 2.19 bits per heavy atom. The maximum absolute atomic E-state index is 4.68. The third-order valence-corrected chi connectivity index (χ3v) is 5.93. The molecule has 21 heavy (non-hydrogen) atoms. The fraction of sp³-hybridized carbons (Fsp3) is 0.562. The zero-order chi connectivity index (χ0) is 15.1. The zero-order valence-corrected chi connectivity index (χ0v) is 15.4. The Bertz CT molecular complexity index is 657. The number of halogens is 1. The molecule has 114 valence electrons. The first-order valence-corrected chi connectivity index (χ1v) is 9.18. The minimum Gasteiger partial charge on any atom is -0.375 e. The van der Waals surface area contributed by atoms with E-state index >= 15 is 0 Å². The average Bonchev–Trinajstić information content (AvgIpc) is 2.93. The van der Waals surface area contributed by atoms with Gasteiger partial charge in [-0.3, -0.25) is 4.68 Å². The minimum absolute atomic E-state index is 0.399. The molecule has 1 unspecified atom stereocenters. The molecule has 0 amide bonds. The minimum atomic E-state index is 0.399. The summed E-state index contributed by atoms with van der Waals surface area (Å²) >= 11 is 5.51. The van der Waals surface area contributed by atoms with Crippen molar-refractivity contribution in [2.75, 3.05) is 5.32 Å². The molecule has 1 N–H and O–H groups in total. The molecule has 0 fully saturated rings. The average molecular weight is 368 g/mol. The van der Waals surface area contributed by atoms with Crippen LogP contribution in [-0.4, -0.2) is 9.78 Å². The summed E-state index contributed by atoms with van der Waals surface area (Å²) in [5.74, 6) is 0. The largest absolute Gasteiger partial charge is 0.375 e. The van der Waals surface area contributed by atoms with Crippen molar-refractivity contribution in [3.8, 4) is 0 Å². The van der Waals surface area contributed by atoms with Crippen LogP contribution in [0.4, 0.5) is 5.69 Å². The number of nitrogens with zero attached hydrogens (tertiary/aromatic N) is 2. The summed E-state index contributed by atoms with van der Waals surface area (Å²) in [6.07, 6.45) is 3.67. The second kappa shape index (κ2) is 5.76. The molecular formula is C16H22BrN3S. The number of aryl methyl sites for hydroxylation is 2. The van der Waals surface area contributed by atoms with Crippen LogP contribution in [0.25, 0.3) is 0 Å². The normalized spacial score (nSPS) is 18.1. The van der Waals surface area contributed by atoms with Gasteiger partial charge in [0.15, 0.2) is 0 Å². The van der Waals surface area contributed by atoms with E-state index in [2.05, 4.69) is 64.8 Å². The molecule has 3 nitrogen and oxygen atoms in total. The predicted octanol–water partition coefficient (Wildman–Crippen LogP) is 5.39. The Kier molecular flexibility index (Phi) is 4.14. The highest BCUT2D eigenvalue weighted by molar-refractivity contribution is 9.11. The van der Waals surface area contributed by atoms with Crippen LogP contribution < -0.4 is 5.32 Å². The molecule has 3 rings (SSSR count). The van der Waals surface area contributed by atoms with Gasteiger partial charge >= 0.3 is 0 Å². The lowest BCUT2D eigenvalue weighted by Crippen LogP contribution is -2.16. The number of anilines is 1. The number of hydrogen-bond donors (Lipinski definition) is 1. The summed E-state index contributed by atoms with van der Waals surface area (Å²) in [5.41, 5.74) is 5.02. The maximum Gasteiger partial charge on any atom is 0.0828 e. The van der Waals surface area contributed by atoms with Crippen LogP contribution >= 0.6 is 27.3 Å². The van der Waals surface area contributed by atoms with Gasteiger partial charge in [0.05, 0.1) is 26.9 Å². The van der Waals surface area contributed by atoms with E-state index in [0.29, 0.717) is 12.1 Å². The number of fused-ring (bicyclic) bond motifs is 1. The Balaban J connectivity index is 1.91. The quantitative estimate of drug-likeness (QED) is 0.787. The Morgan fingerprint density at radius 3 is 2.86 bits per heavy atom. The zero-order valence-electron chi connectivity index (χ0n) is 13.0. The molecule has 0 saturated heterocycles. The molecular weight excluding hydrogens is 346 g/mol. The van der Waals surface area contributed by atoms with Gasteiger partial charge < -0.3 is 5.32 Å². The van der Waals surface area contributed by atoms with Crippen LogP contribution in [0.3, 0.4) is 0 Å². The van der Waals surface area contributed by atoms with Gasteiger partial charge in [0.25, 0.3) is 0 Å². The summed E-state index contributed by atoms with van der Waals surface area (Å²) in [6, 6.07) is 3.10. The van der Waals surface area contributed by atoms with Gasteiger partial charge in [-0.1, -0.05) is 0 Å². The Labute approximate surface area is 138 Å². The van der Waals surface area contributed by atoms with Crippen LogP contribution in [0.2, 0.25) is 0 Å². The van der Waals surface area contributed by atoms with Crippen LogP contribution in [0, 0.1) is 13.8 Å². The molecule has 0 aliphatic heterocycles. The lowest BCUT2D eigenvalue weighted by atomic mass is 9.94. The summed E-state index contributed by atoms with van der Waals surface area (Å²) in [4.78, 5) is 1.53. The van der Waals surface area contributed by atoms with E-state index in [9.17, 15) is 0 Å². The van der Waals surface area contributed by atoms with Crippen molar-refractivity contribution in [3.63, 3.8) is 0 Å². The van der Waals surface area contributed by atoms with Crippen molar-refractivity contribution in [2.24, 2.45) is 0 Å². The molecule has 0 aromatic carbocycles. The first-order chi connectivity index (χ1) is 9.97. The van der Waals surface area contributed by atoms with Gasteiger partial charge in [-0.2, -0.15) is 5.10 Å². The van der Waals surface area contributed by atoms with Crippen LogP contribution in [-0.2, 0) is 6.42 Å². The molecule has 0 bridgehead atoms. The molecule has 2 aromatic rings. The van der Waals surface area contributed by atoms with Gasteiger partial charge in [0.1, 0.15) is 0 Å². The van der Waals surface area contributed by atoms with Crippen molar-refractivity contribution in [1.29, 1.82) is 0 Å². The molecule has 0 spiro atoms. The van der Waals surface area contributed by atoms with Crippen LogP contribution in [0.5, 0.6) is 0 Å². The standard InChI is InChI=1S/C16H22BrN3S/c1-9(2)20-11(4)16(10(3)19-20)18-13-6-5-7-14-12(13)8-15(17)21-14/h8-9,13,18H,5-7H2,1-4H3. The fourth-order valence-corrected chi connectivity index (χ4v) is 5.04. The van der Waals surface area contributed by atoms with E-state index in [1.54, 1.807) is 0 Å². The van der Waals surface area contributed by atoms with Crippen molar-refractivity contribution in [3.05, 3.63) is 31.7 Å². The monoisotopic (exact) mass is 367 g/mol. The fourth-order valence-electron chi connectivity index (χ4n) is 3.22. The second-order valence-electron chi connectivity index (χ2n) is 6.10. The summed E-state index contributed by atoms with van der Waals surface area (Å²) in [7, 11) is 0. The van der Waals surface area contributed by atoms with E-state index in [0.717, 1.165) is 5.69 Å². The van der Waals surface area contributed by atoms with Crippen molar-refractivity contribution in [1.82, 2.24) is 9.78 Å². The third kappa shape index (κ3) is 2.78. The van der Waals surface area contributed by atoms with Crippen molar-refractivity contribution < 1.29 is 0 Å². The summed E-state index contributed by atoms with van der Waals surface area (Å²) < 4.78 is 3.36. The molecule has 1 aliphatic rings. The molecule has 0 radical (unpaired) electrons. The van der Waals surface area contributed by atoms with Crippen LogP contribution in [0.1, 0.15) is 60.6 Å². The highest BCUT2D eigenvalue weighted by atomic mass is 79.9. The van der Waals surface area contributed by atoms with E-state index in [4.69, 9.17) is 0 Å². The smallest absolute Gasteiger partial charge is 0.0828 e. The predicted molar refractivity (Wildman–Crippen MR) is 93.4 cm³/mol. The molecule has 1 aliphatic carbocycles. The molecule has 2 aromatic heterocycles. The van der Waals surface area contributed by atoms with E-state index < -0.39 is 0 Å². The maximum atomic E-state index is 4.68. The third-order valence-electron chi connectivity index (χ3n) is 4.22. The molecule has 1 atom stereocenters. The van der Waals surface area contributed by atoms with Gasteiger partial charge in [0.2, 0.25) is 0 Å². The lowest BCUT2D eigenvalue weighted by Gasteiger charge is -2.25.